The van der Waals surface area contributed by atoms with Gasteiger partial charge in [0.05, 0.1) is 0 Å². The van der Waals surface area contributed by atoms with Gasteiger partial charge in [0.1, 0.15) is 5.82 Å². The minimum atomic E-state index is -0.0195. The average Bonchev–Trinajstić information content (AvgIpc) is 3.24. The van der Waals surface area contributed by atoms with E-state index in [4.69, 9.17) is 4.52 Å². The Labute approximate surface area is 158 Å². The summed E-state index contributed by atoms with van der Waals surface area (Å²) in [4.78, 5) is 20.7. The van der Waals surface area contributed by atoms with Crippen LogP contribution in [0.4, 0.5) is 5.69 Å². The fourth-order valence-corrected chi connectivity index (χ4v) is 2.96. The summed E-state index contributed by atoms with van der Waals surface area (Å²) in [7, 11) is 0. The molecule has 0 unspecified atom stereocenters. The van der Waals surface area contributed by atoms with Crippen LogP contribution in [0.1, 0.15) is 55.7 Å². The first kappa shape index (κ1) is 18.8. The third kappa shape index (κ3) is 5.26. The Balaban J connectivity index is 1.53. The van der Waals surface area contributed by atoms with Gasteiger partial charge in [0.25, 0.3) is 0 Å². The van der Waals surface area contributed by atoms with Crippen LogP contribution in [0.15, 0.2) is 41.2 Å². The zero-order valence-corrected chi connectivity index (χ0v) is 16.0. The summed E-state index contributed by atoms with van der Waals surface area (Å²) in [6.45, 7) is 6.77. The van der Waals surface area contributed by atoms with Gasteiger partial charge < -0.3 is 14.4 Å². The van der Waals surface area contributed by atoms with E-state index in [0.717, 1.165) is 23.6 Å². The highest BCUT2D eigenvalue weighted by molar-refractivity contribution is 5.90. The largest absolute Gasteiger partial charge is 0.339 e. The highest BCUT2D eigenvalue weighted by Crippen LogP contribution is 2.17. The second-order valence-corrected chi connectivity index (χ2v) is 6.91. The van der Waals surface area contributed by atoms with Crippen molar-refractivity contribution < 1.29 is 9.32 Å². The normalized spacial score (nSPS) is 11.1. The fourth-order valence-electron chi connectivity index (χ4n) is 2.96. The Kier molecular flexibility index (Phi) is 6.01. The van der Waals surface area contributed by atoms with Crippen molar-refractivity contribution in [1.82, 2.24) is 19.7 Å². The van der Waals surface area contributed by atoms with Crippen molar-refractivity contribution in [3.05, 3.63) is 59.8 Å². The molecular weight excluding hydrogens is 342 g/mol. The van der Waals surface area contributed by atoms with Crippen molar-refractivity contribution in [2.24, 2.45) is 0 Å². The SMILES string of the molecule is Cc1noc(CCCC(=O)Nc2cccc(Cn3ccnc3C(C)C)c2)n1. The molecule has 142 valence electrons. The van der Waals surface area contributed by atoms with Gasteiger partial charge in [-0.3, -0.25) is 4.79 Å². The molecule has 0 spiro atoms. The summed E-state index contributed by atoms with van der Waals surface area (Å²) in [5, 5.41) is 6.71. The molecule has 0 saturated carbocycles. The molecule has 1 amide bonds. The van der Waals surface area contributed by atoms with E-state index in [-0.39, 0.29) is 5.91 Å². The van der Waals surface area contributed by atoms with Gasteiger partial charge in [-0.25, -0.2) is 4.98 Å². The smallest absolute Gasteiger partial charge is 0.226 e. The lowest BCUT2D eigenvalue weighted by Crippen LogP contribution is -2.12. The van der Waals surface area contributed by atoms with E-state index >= 15 is 0 Å². The molecule has 0 aliphatic rings. The summed E-state index contributed by atoms with van der Waals surface area (Å²) >= 11 is 0. The number of imidazole rings is 1. The minimum Gasteiger partial charge on any atom is -0.339 e. The van der Waals surface area contributed by atoms with E-state index in [1.807, 2.05) is 30.6 Å². The zero-order valence-electron chi connectivity index (χ0n) is 16.0. The minimum absolute atomic E-state index is 0.0195. The van der Waals surface area contributed by atoms with E-state index in [1.54, 1.807) is 6.92 Å². The molecular formula is C20H25N5O2. The molecule has 0 aliphatic heterocycles. The van der Waals surface area contributed by atoms with Crippen LogP contribution in [-0.2, 0) is 17.8 Å². The Morgan fingerprint density at radius 1 is 1.33 bits per heavy atom. The molecule has 2 aromatic heterocycles. The van der Waals surface area contributed by atoms with E-state index < -0.39 is 0 Å². The molecule has 0 aliphatic carbocycles. The van der Waals surface area contributed by atoms with Gasteiger partial charge in [-0.1, -0.05) is 31.1 Å². The molecule has 1 aromatic carbocycles. The molecule has 1 N–H and O–H groups in total. The molecule has 0 radical (unpaired) electrons. The number of nitrogens with zero attached hydrogens (tertiary/aromatic N) is 4. The van der Waals surface area contributed by atoms with Crippen molar-refractivity contribution in [1.29, 1.82) is 0 Å². The van der Waals surface area contributed by atoms with Crippen LogP contribution in [0.5, 0.6) is 0 Å². The van der Waals surface area contributed by atoms with Crippen LogP contribution in [0.3, 0.4) is 0 Å². The number of benzene rings is 1. The molecule has 0 saturated heterocycles. The van der Waals surface area contributed by atoms with Gasteiger partial charge in [0.2, 0.25) is 11.8 Å². The number of amides is 1. The quantitative estimate of drug-likeness (QED) is 0.656. The zero-order chi connectivity index (χ0) is 19.2. The molecule has 7 nitrogen and oxygen atoms in total. The predicted molar refractivity (Wildman–Crippen MR) is 102 cm³/mol. The third-order valence-corrected chi connectivity index (χ3v) is 4.19. The Bertz CT molecular complexity index is 897. The molecule has 0 bridgehead atoms. The summed E-state index contributed by atoms with van der Waals surface area (Å²) in [5.41, 5.74) is 1.92. The van der Waals surface area contributed by atoms with E-state index in [1.165, 1.54) is 0 Å². The predicted octanol–water partition coefficient (Wildman–Crippen LogP) is 3.71. The van der Waals surface area contributed by atoms with Crippen LogP contribution in [0.25, 0.3) is 0 Å². The number of aromatic nitrogens is 4. The van der Waals surface area contributed by atoms with Crippen molar-refractivity contribution in [2.75, 3.05) is 5.32 Å². The van der Waals surface area contributed by atoms with Crippen molar-refractivity contribution in [3.63, 3.8) is 0 Å². The van der Waals surface area contributed by atoms with Crippen LogP contribution in [0.2, 0.25) is 0 Å². The molecule has 0 atom stereocenters. The molecule has 3 rings (SSSR count). The fraction of sp³-hybridized carbons (Fsp3) is 0.400. The number of aryl methyl sites for hydroxylation is 2. The average molecular weight is 367 g/mol. The van der Waals surface area contributed by atoms with Gasteiger partial charge >= 0.3 is 0 Å². The topological polar surface area (TPSA) is 85.8 Å². The van der Waals surface area contributed by atoms with Crippen molar-refractivity contribution in [2.45, 2.75) is 52.5 Å². The van der Waals surface area contributed by atoms with E-state index in [0.29, 0.717) is 36.9 Å². The monoisotopic (exact) mass is 367 g/mol. The summed E-state index contributed by atoms with van der Waals surface area (Å²) in [5.74, 6) is 2.59. The molecule has 2 heterocycles. The maximum absolute atomic E-state index is 12.2. The number of carbonyl (C=O) groups is 1. The van der Waals surface area contributed by atoms with Gasteiger partial charge in [-0.05, 0) is 31.0 Å². The summed E-state index contributed by atoms with van der Waals surface area (Å²) < 4.78 is 7.19. The lowest BCUT2D eigenvalue weighted by atomic mass is 10.1. The van der Waals surface area contributed by atoms with Gasteiger partial charge in [0.15, 0.2) is 5.82 Å². The number of anilines is 1. The molecule has 27 heavy (non-hydrogen) atoms. The third-order valence-electron chi connectivity index (χ3n) is 4.19. The van der Waals surface area contributed by atoms with Crippen molar-refractivity contribution >= 4 is 11.6 Å². The van der Waals surface area contributed by atoms with Crippen LogP contribution in [0, 0.1) is 6.92 Å². The van der Waals surface area contributed by atoms with E-state index in [9.17, 15) is 4.79 Å². The Morgan fingerprint density at radius 3 is 2.93 bits per heavy atom. The Morgan fingerprint density at radius 2 is 2.19 bits per heavy atom. The van der Waals surface area contributed by atoms with Crippen LogP contribution in [-0.4, -0.2) is 25.6 Å². The molecule has 7 heteroatoms. The molecule has 0 fully saturated rings. The number of carbonyl (C=O) groups excluding carboxylic acids is 1. The van der Waals surface area contributed by atoms with Gasteiger partial charge in [0, 0.05) is 43.4 Å². The standard InChI is InChI=1S/C20H25N5O2/c1-14(2)20-21-10-11-25(20)13-16-6-4-7-17(12-16)23-18(26)8-5-9-19-22-15(3)24-27-19/h4,6-7,10-12,14H,5,8-9,13H2,1-3H3,(H,23,26). The highest BCUT2D eigenvalue weighted by Gasteiger charge is 2.09. The number of rotatable bonds is 8. The summed E-state index contributed by atoms with van der Waals surface area (Å²) in [6, 6.07) is 7.92. The van der Waals surface area contributed by atoms with Gasteiger partial charge in [-0.2, -0.15) is 4.98 Å². The lowest BCUT2D eigenvalue weighted by molar-refractivity contribution is -0.116. The van der Waals surface area contributed by atoms with Crippen LogP contribution < -0.4 is 5.32 Å². The van der Waals surface area contributed by atoms with Crippen LogP contribution >= 0.6 is 0 Å². The molecule has 3 aromatic rings. The van der Waals surface area contributed by atoms with Crippen molar-refractivity contribution in [3.8, 4) is 0 Å². The second kappa shape index (κ2) is 8.62. The lowest BCUT2D eigenvalue weighted by Gasteiger charge is -2.12. The summed E-state index contributed by atoms with van der Waals surface area (Å²) in [6.07, 6.45) is 5.49. The first-order chi connectivity index (χ1) is 13.0. The number of hydrogen-bond acceptors (Lipinski definition) is 5. The first-order valence-corrected chi connectivity index (χ1v) is 9.20. The maximum atomic E-state index is 12.2. The first-order valence-electron chi connectivity index (χ1n) is 9.20. The number of hydrogen-bond donors (Lipinski definition) is 1. The maximum Gasteiger partial charge on any atom is 0.226 e. The van der Waals surface area contributed by atoms with Gasteiger partial charge in [-0.15, -0.1) is 0 Å². The second-order valence-electron chi connectivity index (χ2n) is 6.91. The highest BCUT2D eigenvalue weighted by atomic mass is 16.5. The number of nitrogens with one attached hydrogen (secondary N) is 1. The Hall–Kier alpha value is -2.96. The van der Waals surface area contributed by atoms with E-state index in [2.05, 4.69) is 44.9 Å².